The summed E-state index contributed by atoms with van der Waals surface area (Å²) >= 11 is 0. The topological polar surface area (TPSA) is 50.3 Å². The molecule has 0 atom stereocenters. The molecular weight excluding hydrogens is 369 g/mol. The molecule has 1 heterocycles. The van der Waals surface area contributed by atoms with Gasteiger partial charge in [0.2, 0.25) is 5.95 Å². The molecule has 0 spiro atoms. The Kier molecular flexibility index (Phi) is 5.39. The average Bonchev–Trinajstić information content (AvgIpc) is 2.68. The third kappa shape index (κ3) is 4.16. The van der Waals surface area contributed by atoms with E-state index in [1.54, 1.807) is 24.3 Å². The van der Waals surface area contributed by atoms with E-state index in [2.05, 4.69) is 15.3 Å². The summed E-state index contributed by atoms with van der Waals surface area (Å²) in [6, 6.07) is 14.1. The highest BCUT2D eigenvalue weighted by Crippen LogP contribution is 2.38. The molecule has 0 bridgehead atoms. The number of rotatable bonds is 5. The van der Waals surface area contributed by atoms with Gasteiger partial charge in [-0.15, -0.1) is 0 Å². The summed E-state index contributed by atoms with van der Waals surface area (Å²) in [6.45, 7) is 1.89. The summed E-state index contributed by atoms with van der Waals surface area (Å²) in [5.74, 6) is 0.444. The highest BCUT2D eigenvalue weighted by molar-refractivity contribution is 5.66. The van der Waals surface area contributed by atoms with Crippen molar-refractivity contribution in [3.8, 4) is 5.75 Å². The van der Waals surface area contributed by atoms with Crippen LogP contribution < -0.4 is 15.0 Å². The lowest BCUT2D eigenvalue weighted by atomic mass is 10.2. The average molecular weight is 388 g/mol. The molecule has 0 fully saturated rings. The Balaban J connectivity index is 2.01. The molecule has 1 aromatic heterocycles. The molecule has 0 saturated heterocycles. The van der Waals surface area contributed by atoms with Gasteiger partial charge in [0.25, 0.3) is 0 Å². The number of nitrogens with one attached hydrogen (secondary N) is 1. The van der Waals surface area contributed by atoms with Gasteiger partial charge in [-0.2, -0.15) is 18.2 Å². The standard InChI is InChI=1S/C20H19F3N4O/c1-13-6-4-5-7-17(13)25-19-24-12-16(20(21,22)23)18(26-19)27(2)14-8-10-15(28-3)11-9-14/h4-12H,1-3H3,(H,24,25,26). The lowest BCUT2D eigenvalue weighted by Crippen LogP contribution is -2.19. The SMILES string of the molecule is COc1ccc(N(C)c2nc(Nc3ccccc3C)ncc2C(F)(F)F)cc1. The maximum Gasteiger partial charge on any atom is 0.421 e. The van der Waals surface area contributed by atoms with Crippen LogP contribution in [0.3, 0.4) is 0 Å². The number of alkyl halides is 3. The zero-order valence-electron chi connectivity index (χ0n) is 15.6. The number of benzene rings is 2. The summed E-state index contributed by atoms with van der Waals surface area (Å²) in [5.41, 5.74) is 1.27. The zero-order valence-corrected chi connectivity index (χ0v) is 15.6. The van der Waals surface area contributed by atoms with E-state index in [0.717, 1.165) is 17.4 Å². The van der Waals surface area contributed by atoms with Crippen molar-refractivity contribution in [1.82, 2.24) is 9.97 Å². The summed E-state index contributed by atoms with van der Waals surface area (Å²) in [5, 5.41) is 2.98. The number of halogens is 3. The van der Waals surface area contributed by atoms with Crippen LogP contribution in [0.1, 0.15) is 11.1 Å². The van der Waals surface area contributed by atoms with Gasteiger partial charge in [-0.1, -0.05) is 18.2 Å². The maximum atomic E-state index is 13.5. The molecule has 0 aliphatic heterocycles. The second kappa shape index (κ2) is 7.75. The van der Waals surface area contributed by atoms with Crippen LogP contribution in [0, 0.1) is 6.92 Å². The van der Waals surface area contributed by atoms with Crippen LogP contribution in [0.4, 0.5) is 36.3 Å². The largest absolute Gasteiger partial charge is 0.497 e. The predicted octanol–water partition coefficient (Wildman–Crippen LogP) is 5.32. The first-order chi connectivity index (χ1) is 13.3. The number of hydrogen-bond acceptors (Lipinski definition) is 5. The van der Waals surface area contributed by atoms with Crippen molar-refractivity contribution < 1.29 is 17.9 Å². The second-order valence-corrected chi connectivity index (χ2v) is 6.13. The van der Waals surface area contributed by atoms with Gasteiger partial charge in [-0.25, -0.2) is 4.98 Å². The van der Waals surface area contributed by atoms with Crippen molar-refractivity contribution in [2.75, 3.05) is 24.4 Å². The molecule has 0 radical (unpaired) electrons. The fourth-order valence-corrected chi connectivity index (χ4v) is 2.65. The minimum absolute atomic E-state index is 0.0812. The molecule has 8 heteroatoms. The molecule has 0 aliphatic rings. The number of nitrogens with zero attached hydrogens (tertiary/aromatic N) is 3. The summed E-state index contributed by atoms with van der Waals surface area (Å²) in [7, 11) is 3.05. The Hall–Kier alpha value is -3.29. The van der Waals surface area contributed by atoms with Crippen LogP contribution in [0.2, 0.25) is 0 Å². The van der Waals surface area contributed by atoms with E-state index >= 15 is 0 Å². The number of aryl methyl sites for hydroxylation is 1. The van der Waals surface area contributed by atoms with E-state index in [0.29, 0.717) is 11.4 Å². The van der Waals surface area contributed by atoms with Crippen molar-refractivity contribution in [3.63, 3.8) is 0 Å². The Morgan fingerprint density at radius 2 is 1.71 bits per heavy atom. The van der Waals surface area contributed by atoms with E-state index in [-0.39, 0.29) is 11.8 Å². The van der Waals surface area contributed by atoms with Gasteiger partial charge in [0.05, 0.1) is 7.11 Å². The van der Waals surface area contributed by atoms with Crippen molar-refractivity contribution in [1.29, 1.82) is 0 Å². The summed E-state index contributed by atoms with van der Waals surface area (Å²) < 4.78 is 45.7. The Bertz CT molecular complexity index is 958. The van der Waals surface area contributed by atoms with Crippen LogP contribution in [-0.4, -0.2) is 24.1 Å². The monoisotopic (exact) mass is 388 g/mol. The molecule has 0 amide bonds. The minimum atomic E-state index is -4.59. The van der Waals surface area contributed by atoms with Gasteiger partial charge >= 0.3 is 6.18 Å². The van der Waals surface area contributed by atoms with Gasteiger partial charge in [0.1, 0.15) is 11.3 Å². The van der Waals surface area contributed by atoms with Crippen molar-refractivity contribution in [2.24, 2.45) is 0 Å². The highest BCUT2D eigenvalue weighted by atomic mass is 19.4. The minimum Gasteiger partial charge on any atom is -0.497 e. The van der Waals surface area contributed by atoms with Crippen molar-refractivity contribution >= 4 is 23.1 Å². The Morgan fingerprint density at radius 1 is 1.04 bits per heavy atom. The lowest BCUT2D eigenvalue weighted by Gasteiger charge is -2.23. The van der Waals surface area contributed by atoms with E-state index in [9.17, 15) is 13.2 Å². The predicted molar refractivity (Wildman–Crippen MR) is 103 cm³/mol. The lowest BCUT2D eigenvalue weighted by molar-refractivity contribution is -0.137. The summed E-state index contributed by atoms with van der Waals surface area (Å²) in [6.07, 6.45) is -3.79. The number of anilines is 4. The van der Waals surface area contributed by atoms with Gasteiger partial charge in [0, 0.05) is 24.6 Å². The van der Waals surface area contributed by atoms with Gasteiger partial charge in [0.15, 0.2) is 5.82 Å². The molecule has 28 heavy (non-hydrogen) atoms. The van der Waals surface area contributed by atoms with Crippen LogP contribution in [0.15, 0.2) is 54.7 Å². The second-order valence-electron chi connectivity index (χ2n) is 6.13. The molecule has 0 aliphatic carbocycles. The van der Waals surface area contributed by atoms with E-state index in [4.69, 9.17) is 4.74 Å². The first kappa shape index (κ1) is 19.5. The number of hydrogen-bond donors (Lipinski definition) is 1. The molecule has 0 saturated carbocycles. The quantitative estimate of drug-likeness (QED) is 0.641. The van der Waals surface area contributed by atoms with Crippen LogP contribution in [0.5, 0.6) is 5.75 Å². The van der Waals surface area contributed by atoms with Crippen molar-refractivity contribution in [3.05, 3.63) is 65.9 Å². The molecule has 3 aromatic rings. The number of ether oxygens (including phenoxy) is 1. The number of aromatic nitrogens is 2. The molecule has 0 unspecified atom stereocenters. The highest BCUT2D eigenvalue weighted by Gasteiger charge is 2.36. The third-order valence-electron chi connectivity index (χ3n) is 4.24. The smallest absolute Gasteiger partial charge is 0.421 e. The Labute approximate surface area is 160 Å². The van der Waals surface area contributed by atoms with Gasteiger partial charge < -0.3 is 15.0 Å². The van der Waals surface area contributed by atoms with E-state index in [1.165, 1.54) is 19.1 Å². The number of para-hydroxylation sites is 1. The van der Waals surface area contributed by atoms with Crippen LogP contribution >= 0.6 is 0 Å². The van der Waals surface area contributed by atoms with E-state index < -0.39 is 11.7 Å². The van der Waals surface area contributed by atoms with E-state index in [1.807, 2.05) is 31.2 Å². The van der Waals surface area contributed by atoms with Gasteiger partial charge in [-0.3, -0.25) is 0 Å². The molecule has 1 N–H and O–H groups in total. The normalized spacial score (nSPS) is 11.2. The molecule has 5 nitrogen and oxygen atoms in total. The Morgan fingerprint density at radius 3 is 2.32 bits per heavy atom. The van der Waals surface area contributed by atoms with Gasteiger partial charge in [-0.05, 0) is 42.8 Å². The van der Waals surface area contributed by atoms with Crippen molar-refractivity contribution in [2.45, 2.75) is 13.1 Å². The maximum absolute atomic E-state index is 13.5. The first-order valence-electron chi connectivity index (χ1n) is 8.44. The molecule has 3 rings (SSSR count). The van der Waals surface area contributed by atoms with Crippen LogP contribution in [-0.2, 0) is 6.18 Å². The third-order valence-corrected chi connectivity index (χ3v) is 4.24. The molecule has 146 valence electrons. The first-order valence-corrected chi connectivity index (χ1v) is 8.44. The fourth-order valence-electron chi connectivity index (χ4n) is 2.65. The number of methoxy groups -OCH3 is 1. The van der Waals surface area contributed by atoms with Crippen LogP contribution in [0.25, 0.3) is 0 Å². The molecule has 2 aromatic carbocycles. The fraction of sp³-hybridized carbons (Fsp3) is 0.200. The molecular formula is C20H19F3N4O. The zero-order chi connectivity index (χ0) is 20.3. The summed E-state index contributed by atoms with van der Waals surface area (Å²) in [4.78, 5) is 9.37.